The van der Waals surface area contributed by atoms with Gasteiger partial charge in [0.1, 0.15) is 0 Å². The summed E-state index contributed by atoms with van der Waals surface area (Å²) in [7, 11) is 1.88. The maximum atomic E-state index is 11.9. The van der Waals surface area contributed by atoms with Crippen LogP contribution in [0, 0.1) is 0 Å². The van der Waals surface area contributed by atoms with Crippen LogP contribution < -0.4 is 5.73 Å². The zero-order chi connectivity index (χ0) is 12.7. The lowest BCUT2D eigenvalue weighted by atomic mass is 9.87. The summed E-state index contributed by atoms with van der Waals surface area (Å²) in [4.78, 5) is 13.7. The molecule has 3 heteroatoms. The van der Waals surface area contributed by atoms with E-state index >= 15 is 0 Å². The number of rotatable bonds is 2. The Morgan fingerprint density at radius 2 is 1.83 bits per heavy atom. The van der Waals surface area contributed by atoms with E-state index in [0.29, 0.717) is 12.3 Å². The molecule has 0 spiro atoms. The summed E-state index contributed by atoms with van der Waals surface area (Å²) < 4.78 is 0. The van der Waals surface area contributed by atoms with Gasteiger partial charge in [-0.1, -0.05) is 24.3 Å². The van der Waals surface area contributed by atoms with Crippen molar-refractivity contribution in [3.63, 3.8) is 0 Å². The summed E-state index contributed by atoms with van der Waals surface area (Å²) in [5.74, 6) is 0.908. The first-order valence-corrected chi connectivity index (χ1v) is 6.78. The van der Waals surface area contributed by atoms with Crippen LogP contribution in [0.1, 0.15) is 48.8 Å². The minimum atomic E-state index is 0.0584. The number of likely N-dealkylation sites (tertiary alicyclic amines) is 1. The highest BCUT2D eigenvalue weighted by atomic mass is 16.2. The molecule has 1 saturated heterocycles. The van der Waals surface area contributed by atoms with Gasteiger partial charge in [0.2, 0.25) is 5.91 Å². The minimum Gasteiger partial charge on any atom is -0.337 e. The van der Waals surface area contributed by atoms with Gasteiger partial charge < -0.3 is 10.6 Å². The molecule has 0 aromatic heterocycles. The maximum absolute atomic E-state index is 11.9. The number of hydrogen-bond acceptors (Lipinski definition) is 2. The average Bonchev–Trinajstić information content (AvgIpc) is 3.19. The first-order chi connectivity index (χ1) is 8.68. The van der Waals surface area contributed by atoms with Crippen molar-refractivity contribution >= 4 is 5.91 Å². The van der Waals surface area contributed by atoms with Gasteiger partial charge in [-0.3, -0.25) is 4.79 Å². The number of likely N-dealkylation sites (N-methyl/N-ethyl adjacent to an activating group) is 1. The number of nitrogens with zero attached hydrogens (tertiary/aromatic N) is 1. The molecule has 2 aliphatic rings. The normalized spacial score (nSPS) is 28.6. The predicted molar refractivity (Wildman–Crippen MR) is 71.1 cm³/mol. The van der Waals surface area contributed by atoms with Gasteiger partial charge in [0.05, 0.1) is 6.04 Å². The van der Waals surface area contributed by atoms with Crippen LogP contribution in [-0.2, 0) is 4.79 Å². The summed E-state index contributed by atoms with van der Waals surface area (Å²) in [6.07, 6.45) is 3.93. The summed E-state index contributed by atoms with van der Waals surface area (Å²) >= 11 is 0. The Morgan fingerprint density at radius 1 is 1.17 bits per heavy atom. The molecule has 3 rings (SSSR count). The van der Waals surface area contributed by atoms with E-state index in [2.05, 4.69) is 24.3 Å². The van der Waals surface area contributed by atoms with Crippen LogP contribution >= 0.6 is 0 Å². The molecule has 3 nitrogen and oxygen atoms in total. The zero-order valence-corrected chi connectivity index (χ0v) is 10.8. The molecule has 1 aromatic rings. The van der Waals surface area contributed by atoms with E-state index < -0.39 is 0 Å². The Morgan fingerprint density at radius 3 is 2.50 bits per heavy atom. The van der Waals surface area contributed by atoms with Crippen LogP contribution in [0.2, 0.25) is 0 Å². The van der Waals surface area contributed by atoms with Crippen molar-refractivity contribution in [3.8, 4) is 0 Å². The van der Waals surface area contributed by atoms with E-state index in [1.165, 1.54) is 24.0 Å². The Hall–Kier alpha value is -1.35. The molecule has 1 saturated carbocycles. The van der Waals surface area contributed by atoms with Crippen molar-refractivity contribution in [3.05, 3.63) is 35.4 Å². The molecule has 0 radical (unpaired) electrons. The highest BCUT2D eigenvalue weighted by Gasteiger charge is 2.36. The van der Waals surface area contributed by atoms with Crippen molar-refractivity contribution in [2.24, 2.45) is 5.73 Å². The molecule has 0 bridgehead atoms. The Labute approximate surface area is 108 Å². The van der Waals surface area contributed by atoms with Gasteiger partial charge in [-0.25, -0.2) is 0 Å². The lowest BCUT2D eigenvalue weighted by Gasteiger charge is -2.38. The van der Waals surface area contributed by atoms with Crippen LogP contribution in [0.15, 0.2) is 24.3 Å². The van der Waals surface area contributed by atoms with E-state index in [0.717, 1.165) is 6.42 Å². The smallest absolute Gasteiger partial charge is 0.222 e. The maximum Gasteiger partial charge on any atom is 0.222 e. The molecule has 1 heterocycles. The third kappa shape index (κ3) is 1.93. The molecular weight excluding hydrogens is 224 g/mol. The van der Waals surface area contributed by atoms with Gasteiger partial charge in [0.15, 0.2) is 0 Å². The van der Waals surface area contributed by atoms with Crippen LogP contribution in [0.25, 0.3) is 0 Å². The third-order valence-electron chi connectivity index (χ3n) is 4.24. The molecule has 96 valence electrons. The number of carbonyl (C=O) groups excluding carboxylic acids is 1. The molecular formula is C15H20N2O. The van der Waals surface area contributed by atoms with Crippen LogP contribution in [0.3, 0.4) is 0 Å². The van der Waals surface area contributed by atoms with E-state index in [9.17, 15) is 4.79 Å². The highest BCUT2D eigenvalue weighted by molar-refractivity contribution is 5.77. The van der Waals surface area contributed by atoms with E-state index in [1.54, 1.807) is 0 Å². The van der Waals surface area contributed by atoms with Crippen LogP contribution in [0.5, 0.6) is 0 Å². The summed E-state index contributed by atoms with van der Waals surface area (Å²) in [6, 6.07) is 8.62. The summed E-state index contributed by atoms with van der Waals surface area (Å²) in [5.41, 5.74) is 8.93. The average molecular weight is 244 g/mol. The second-order valence-electron chi connectivity index (χ2n) is 5.56. The molecule has 2 unspecified atom stereocenters. The Bertz CT molecular complexity index is 467. The van der Waals surface area contributed by atoms with Gasteiger partial charge in [-0.2, -0.15) is 0 Å². The van der Waals surface area contributed by atoms with Crippen molar-refractivity contribution in [1.29, 1.82) is 0 Å². The molecule has 2 N–H and O–H groups in total. The Kier molecular flexibility index (Phi) is 2.86. The third-order valence-corrected chi connectivity index (χ3v) is 4.24. The topological polar surface area (TPSA) is 46.3 Å². The summed E-state index contributed by atoms with van der Waals surface area (Å²) in [6.45, 7) is 0. The molecule has 1 aliphatic heterocycles. The van der Waals surface area contributed by atoms with Crippen LogP contribution in [-0.4, -0.2) is 23.9 Å². The quantitative estimate of drug-likeness (QED) is 0.866. The van der Waals surface area contributed by atoms with Gasteiger partial charge >= 0.3 is 0 Å². The number of nitrogens with two attached hydrogens (primary N) is 1. The Balaban J connectivity index is 1.99. The first-order valence-electron chi connectivity index (χ1n) is 6.78. The number of benzene rings is 1. The van der Waals surface area contributed by atoms with Gasteiger partial charge in [0.25, 0.3) is 0 Å². The molecule has 2 fully saturated rings. The number of hydrogen-bond donors (Lipinski definition) is 1. The SMILES string of the molecule is CN1C(=O)CCC(N)C1c1ccccc1C1CC1. The molecule has 1 aliphatic carbocycles. The number of amides is 1. The monoisotopic (exact) mass is 244 g/mol. The largest absolute Gasteiger partial charge is 0.337 e. The predicted octanol–water partition coefficient (Wildman–Crippen LogP) is 2.18. The number of piperidine rings is 1. The molecule has 1 aromatic carbocycles. The van der Waals surface area contributed by atoms with Crippen molar-refractivity contribution < 1.29 is 4.79 Å². The fraction of sp³-hybridized carbons (Fsp3) is 0.533. The highest BCUT2D eigenvalue weighted by Crippen LogP contribution is 2.44. The lowest BCUT2D eigenvalue weighted by Crippen LogP contribution is -2.47. The summed E-state index contributed by atoms with van der Waals surface area (Å²) in [5, 5.41) is 0. The van der Waals surface area contributed by atoms with Crippen molar-refractivity contribution in [1.82, 2.24) is 4.90 Å². The standard InChI is InChI=1S/C15H20N2O/c1-17-14(18)9-8-13(16)15(17)12-5-3-2-4-11(12)10-6-7-10/h2-5,10,13,15H,6-9,16H2,1H3. The second-order valence-corrected chi connectivity index (χ2v) is 5.56. The first kappa shape index (κ1) is 11.7. The molecule has 1 amide bonds. The zero-order valence-electron chi connectivity index (χ0n) is 10.8. The van der Waals surface area contributed by atoms with E-state index in [-0.39, 0.29) is 18.0 Å². The van der Waals surface area contributed by atoms with Crippen LogP contribution in [0.4, 0.5) is 0 Å². The van der Waals surface area contributed by atoms with E-state index in [1.807, 2.05) is 11.9 Å². The van der Waals surface area contributed by atoms with Crippen molar-refractivity contribution in [2.45, 2.75) is 43.7 Å². The van der Waals surface area contributed by atoms with Crippen molar-refractivity contribution in [2.75, 3.05) is 7.05 Å². The fourth-order valence-corrected chi connectivity index (χ4v) is 3.05. The minimum absolute atomic E-state index is 0.0584. The lowest BCUT2D eigenvalue weighted by molar-refractivity contribution is -0.135. The molecule has 18 heavy (non-hydrogen) atoms. The van der Waals surface area contributed by atoms with Gasteiger partial charge in [0, 0.05) is 19.5 Å². The van der Waals surface area contributed by atoms with E-state index in [4.69, 9.17) is 5.73 Å². The molecule has 2 atom stereocenters. The second kappa shape index (κ2) is 4.39. The van der Waals surface area contributed by atoms with Gasteiger partial charge in [-0.05, 0) is 36.3 Å². The fourth-order valence-electron chi connectivity index (χ4n) is 3.05. The van der Waals surface area contributed by atoms with Gasteiger partial charge in [-0.15, -0.1) is 0 Å². The number of carbonyl (C=O) groups is 1.